The highest BCUT2D eigenvalue weighted by molar-refractivity contribution is 6.04. The van der Waals surface area contributed by atoms with Crippen LogP contribution in [0.1, 0.15) is 42.5 Å². The molecule has 1 aliphatic rings. The van der Waals surface area contributed by atoms with Crippen molar-refractivity contribution in [1.82, 2.24) is 5.32 Å². The van der Waals surface area contributed by atoms with Crippen molar-refractivity contribution < 1.29 is 14.3 Å². The molecule has 0 radical (unpaired) electrons. The summed E-state index contributed by atoms with van der Waals surface area (Å²) in [5.41, 5.74) is 0.972. The number of carbonyl (C=O) groups excluding carboxylic acids is 2. The predicted molar refractivity (Wildman–Crippen MR) is 119 cm³/mol. The molecule has 0 spiro atoms. The van der Waals surface area contributed by atoms with Gasteiger partial charge in [-0.05, 0) is 47.9 Å². The Hall–Kier alpha value is -3.34. The first-order valence-electron chi connectivity index (χ1n) is 10.5. The van der Waals surface area contributed by atoms with E-state index in [9.17, 15) is 9.59 Å². The normalized spacial score (nSPS) is 14.3. The van der Waals surface area contributed by atoms with Crippen LogP contribution in [0.2, 0.25) is 0 Å². The Morgan fingerprint density at radius 3 is 2.43 bits per heavy atom. The summed E-state index contributed by atoms with van der Waals surface area (Å²) in [4.78, 5) is 25.2. The van der Waals surface area contributed by atoms with Crippen LogP contribution >= 0.6 is 0 Å². The van der Waals surface area contributed by atoms with E-state index in [0.29, 0.717) is 17.0 Å². The zero-order valence-electron chi connectivity index (χ0n) is 16.9. The van der Waals surface area contributed by atoms with Crippen molar-refractivity contribution in [2.45, 2.75) is 38.1 Å². The van der Waals surface area contributed by atoms with Crippen LogP contribution in [0.4, 0.5) is 5.69 Å². The summed E-state index contributed by atoms with van der Waals surface area (Å²) in [5.74, 6) is 0.182. The second-order valence-corrected chi connectivity index (χ2v) is 7.70. The van der Waals surface area contributed by atoms with Crippen LogP contribution in [0.5, 0.6) is 5.75 Å². The van der Waals surface area contributed by atoms with Crippen molar-refractivity contribution in [3.63, 3.8) is 0 Å². The molecule has 0 saturated heterocycles. The molecule has 5 nitrogen and oxygen atoms in total. The van der Waals surface area contributed by atoms with E-state index >= 15 is 0 Å². The maximum absolute atomic E-state index is 12.7. The number of hydrogen-bond acceptors (Lipinski definition) is 3. The number of nitrogens with one attached hydrogen (secondary N) is 2. The van der Waals surface area contributed by atoms with Crippen molar-refractivity contribution in [3.05, 3.63) is 72.3 Å². The van der Waals surface area contributed by atoms with Crippen molar-refractivity contribution in [3.8, 4) is 5.75 Å². The lowest BCUT2D eigenvalue weighted by Gasteiger charge is -2.23. The molecule has 0 heterocycles. The summed E-state index contributed by atoms with van der Waals surface area (Å²) in [5, 5.41) is 8.09. The van der Waals surface area contributed by atoms with E-state index < -0.39 is 0 Å². The van der Waals surface area contributed by atoms with Gasteiger partial charge >= 0.3 is 0 Å². The first-order chi connectivity index (χ1) is 14.7. The maximum atomic E-state index is 12.7. The van der Waals surface area contributed by atoms with Crippen LogP contribution in [0, 0.1) is 0 Å². The predicted octanol–water partition coefficient (Wildman–Crippen LogP) is 4.92. The molecule has 0 bridgehead atoms. The highest BCUT2D eigenvalue weighted by atomic mass is 16.5. The van der Waals surface area contributed by atoms with Crippen molar-refractivity contribution in [2.24, 2.45) is 0 Å². The van der Waals surface area contributed by atoms with E-state index in [0.717, 1.165) is 36.5 Å². The van der Waals surface area contributed by atoms with Crippen molar-refractivity contribution in [1.29, 1.82) is 0 Å². The second kappa shape index (κ2) is 9.44. The summed E-state index contributed by atoms with van der Waals surface area (Å²) in [6.07, 6.45) is 5.56. The standard InChI is InChI=1S/C25H26N2O3/c28-24(17-30-21-15-14-18-8-4-5-9-19(18)16-21)27-23-13-7-6-12-22(23)25(29)26-20-10-2-1-3-11-20/h4-9,12-16,20H,1-3,10-11,17H2,(H,26,29)(H,27,28). The molecule has 4 rings (SSSR count). The van der Waals surface area contributed by atoms with Gasteiger partial charge in [0.05, 0.1) is 11.3 Å². The van der Waals surface area contributed by atoms with E-state index in [2.05, 4.69) is 10.6 Å². The smallest absolute Gasteiger partial charge is 0.262 e. The number of amides is 2. The average molecular weight is 402 g/mol. The summed E-state index contributed by atoms with van der Waals surface area (Å²) in [6.45, 7) is -0.128. The molecular weight excluding hydrogens is 376 g/mol. The number of hydrogen-bond donors (Lipinski definition) is 2. The van der Waals surface area contributed by atoms with Gasteiger partial charge in [0.15, 0.2) is 6.61 Å². The topological polar surface area (TPSA) is 67.4 Å². The van der Waals surface area contributed by atoms with E-state index in [1.54, 1.807) is 24.3 Å². The van der Waals surface area contributed by atoms with Gasteiger partial charge in [0, 0.05) is 6.04 Å². The number of carbonyl (C=O) groups is 2. The van der Waals surface area contributed by atoms with Crippen LogP contribution in [0.3, 0.4) is 0 Å². The Morgan fingerprint density at radius 2 is 1.60 bits per heavy atom. The highest BCUT2D eigenvalue weighted by Gasteiger charge is 2.19. The fourth-order valence-corrected chi connectivity index (χ4v) is 3.89. The van der Waals surface area contributed by atoms with Crippen LogP contribution in [0.15, 0.2) is 66.7 Å². The quantitative estimate of drug-likeness (QED) is 0.615. The minimum absolute atomic E-state index is 0.128. The summed E-state index contributed by atoms with van der Waals surface area (Å²) in [7, 11) is 0. The molecule has 30 heavy (non-hydrogen) atoms. The van der Waals surface area contributed by atoms with Gasteiger partial charge in [-0.3, -0.25) is 9.59 Å². The van der Waals surface area contributed by atoms with E-state index in [4.69, 9.17) is 4.74 Å². The van der Waals surface area contributed by atoms with Gasteiger partial charge < -0.3 is 15.4 Å². The Labute approximate surface area is 176 Å². The van der Waals surface area contributed by atoms with Crippen molar-refractivity contribution >= 4 is 28.3 Å². The first-order valence-corrected chi connectivity index (χ1v) is 10.5. The zero-order chi connectivity index (χ0) is 20.8. The SMILES string of the molecule is O=C(COc1ccc2ccccc2c1)Nc1ccccc1C(=O)NC1CCCCC1. The Morgan fingerprint density at radius 1 is 0.867 bits per heavy atom. The zero-order valence-corrected chi connectivity index (χ0v) is 16.9. The summed E-state index contributed by atoms with van der Waals surface area (Å²) < 4.78 is 5.66. The first kappa shape index (κ1) is 20.0. The largest absolute Gasteiger partial charge is 0.484 e. The van der Waals surface area contributed by atoms with Crippen molar-refractivity contribution in [2.75, 3.05) is 11.9 Å². The minimum Gasteiger partial charge on any atom is -0.484 e. The van der Waals surface area contributed by atoms with Gasteiger partial charge in [-0.15, -0.1) is 0 Å². The molecule has 154 valence electrons. The van der Waals surface area contributed by atoms with E-state index in [1.165, 1.54) is 6.42 Å². The Bertz CT molecular complexity index is 1040. The molecule has 1 saturated carbocycles. The van der Waals surface area contributed by atoms with Gasteiger partial charge in [-0.1, -0.05) is 61.7 Å². The number of para-hydroxylation sites is 1. The number of benzene rings is 3. The molecule has 5 heteroatoms. The number of anilines is 1. The fraction of sp³-hybridized carbons (Fsp3) is 0.280. The molecule has 0 aliphatic heterocycles. The lowest BCUT2D eigenvalue weighted by Crippen LogP contribution is -2.36. The second-order valence-electron chi connectivity index (χ2n) is 7.70. The molecule has 2 amide bonds. The molecule has 1 fully saturated rings. The summed E-state index contributed by atoms with van der Waals surface area (Å²) in [6, 6.07) is 21.0. The Balaban J connectivity index is 1.37. The van der Waals surface area contributed by atoms with Gasteiger partial charge in [-0.25, -0.2) is 0 Å². The van der Waals surface area contributed by atoms with Gasteiger partial charge in [0.1, 0.15) is 5.75 Å². The molecule has 0 aromatic heterocycles. The molecule has 0 unspecified atom stereocenters. The van der Waals surface area contributed by atoms with Gasteiger partial charge in [0.25, 0.3) is 11.8 Å². The number of fused-ring (bicyclic) bond motifs is 1. The lowest BCUT2D eigenvalue weighted by molar-refractivity contribution is -0.118. The average Bonchev–Trinajstić information content (AvgIpc) is 2.78. The maximum Gasteiger partial charge on any atom is 0.262 e. The van der Waals surface area contributed by atoms with Gasteiger partial charge in [-0.2, -0.15) is 0 Å². The molecule has 3 aromatic carbocycles. The van der Waals surface area contributed by atoms with Gasteiger partial charge in [0.2, 0.25) is 0 Å². The van der Waals surface area contributed by atoms with E-state index in [1.807, 2.05) is 42.5 Å². The van der Waals surface area contributed by atoms with Crippen LogP contribution in [-0.2, 0) is 4.79 Å². The monoisotopic (exact) mass is 402 g/mol. The highest BCUT2D eigenvalue weighted by Crippen LogP contribution is 2.22. The number of rotatable bonds is 6. The minimum atomic E-state index is -0.305. The lowest BCUT2D eigenvalue weighted by atomic mass is 9.95. The Kier molecular flexibility index (Phi) is 6.28. The number of ether oxygens (including phenoxy) is 1. The molecule has 3 aromatic rings. The molecule has 1 aliphatic carbocycles. The van der Waals surface area contributed by atoms with Crippen LogP contribution in [0.25, 0.3) is 10.8 Å². The molecule has 2 N–H and O–H groups in total. The third kappa shape index (κ3) is 4.98. The van der Waals surface area contributed by atoms with E-state index in [-0.39, 0.29) is 24.5 Å². The van der Waals surface area contributed by atoms with Crippen LogP contribution in [-0.4, -0.2) is 24.5 Å². The molecular formula is C25H26N2O3. The third-order valence-corrected chi connectivity index (χ3v) is 5.48. The molecule has 0 atom stereocenters. The van der Waals surface area contributed by atoms with Crippen LogP contribution < -0.4 is 15.4 Å². The summed E-state index contributed by atoms with van der Waals surface area (Å²) >= 11 is 0. The fourth-order valence-electron chi connectivity index (χ4n) is 3.89. The third-order valence-electron chi connectivity index (χ3n) is 5.48.